The monoisotopic (exact) mass is 411 g/mol. The Bertz CT molecular complexity index is 1060. The Morgan fingerprint density at radius 3 is 2.72 bits per heavy atom. The van der Waals surface area contributed by atoms with E-state index in [2.05, 4.69) is 65.3 Å². The van der Waals surface area contributed by atoms with E-state index in [0.29, 0.717) is 4.96 Å². The van der Waals surface area contributed by atoms with Gasteiger partial charge >= 0.3 is 0 Å². The minimum atomic E-state index is -0.115. The Morgan fingerprint density at radius 2 is 2.00 bits per heavy atom. The summed E-state index contributed by atoms with van der Waals surface area (Å²) in [6, 6.07) is 10.5. The fraction of sp³-hybridized carbons (Fsp3) is 0.500. The SMILES string of the molecule is CCc1cc(=O)n2nc(NC(CN3CCc4ccccc4C3)C(C)(C)C)sc2n1. The van der Waals surface area contributed by atoms with Crippen molar-refractivity contribution < 1.29 is 0 Å². The molecule has 0 radical (unpaired) electrons. The van der Waals surface area contributed by atoms with Crippen molar-refractivity contribution in [1.82, 2.24) is 19.5 Å². The Labute approximate surface area is 175 Å². The van der Waals surface area contributed by atoms with Gasteiger partial charge in [0.15, 0.2) is 0 Å². The first-order valence-electron chi connectivity index (χ1n) is 10.3. The Morgan fingerprint density at radius 1 is 1.24 bits per heavy atom. The number of aromatic nitrogens is 3. The average Bonchev–Trinajstić information content (AvgIpc) is 3.10. The lowest BCUT2D eigenvalue weighted by atomic mass is 9.86. The van der Waals surface area contributed by atoms with Crippen LogP contribution in [0.15, 0.2) is 35.1 Å². The van der Waals surface area contributed by atoms with Crippen LogP contribution in [0.1, 0.15) is 44.5 Å². The molecule has 0 amide bonds. The Hall–Kier alpha value is -2.25. The summed E-state index contributed by atoms with van der Waals surface area (Å²) < 4.78 is 1.41. The molecule has 1 N–H and O–H groups in total. The minimum absolute atomic E-state index is 0.0434. The van der Waals surface area contributed by atoms with Crippen LogP contribution in [0.25, 0.3) is 4.96 Å². The van der Waals surface area contributed by atoms with Crippen molar-refractivity contribution >= 4 is 21.4 Å². The molecule has 0 spiro atoms. The van der Waals surface area contributed by atoms with Crippen molar-refractivity contribution in [2.45, 2.75) is 53.1 Å². The van der Waals surface area contributed by atoms with Crippen LogP contribution in [0, 0.1) is 5.41 Å². The second-order valence-corrected chi connectivity index (χ2v) is 9.81. The normalized spacial score (nSPS) is 16.0. The van der Waals surface area contributed by atoms with Gasteiger partial charge < -0.3 is 5.32 Å². The number of rotatable bonds is 5. The van der Waals surface area contributed by atoms with E-state index < -0.39 is 0 Å². The molecule has 0 fully saturated rings. The molecular weight excluding hydrogens is 382 g/mol. The lowest BCUT2D eigenvalue weighted by molar-refractivity contribution is 0.196. The molecule has 0 saturated carbocycles. The van der Waals surface area contributed by atoms with Crippen molar-refractivity contribution in [2.24, 2.45) is 5.41 Å². The molecule has 6 nitrogen and oxygen atoms in total. The van der Waals surface area contributed by atoms with Gasteiger partial charge in [-0.15, -0.1) is 5.10 Å². The zero-order valence-electron chi connectivity index (χ0n) is 17.6. The standard InChI is InChI=1S/C22H29N5OS/c1-5-17-12-19(28)27-21(23-17)29-20(25-27)24-18(22(2,3)4)14-26-11-10-15-8-6-7-9-16(15)13-26/h6-9,12,18H,5,10-11,13-14H2,1-4H3,(H,24,25). The van der Waals surface area contributed by atoms with Crippen LogP contribution in [-0.2, 0) is 19.4 Å². The number of fused-ring (bicyclic) bond motifs is 2. The van der Waals surface area contributed by atoms with E-state index in [1.807, 2.05) is 6.92 Å². The van der Waals surface area contributed by atoms with Gasteiger partial charge in [-0.1, -0.05) is 63.3 Å². The molecule has 1 aliphatic rings. The fourth-order valence-corrected chi connectivity index (χ4v) is 4.63. The van der Waals surface area contributed by atoms with Crippen molar-refractivity contribution in [2.75, 3.05) is 18.4 Å². The molecule has 4 rings (SSSR count). The minimum Gasteiger partial charge on any atom is -0.356 e. The molecule has 3 aromatic rings. The van der Waals surface area contributed by atoms with Crippen LogP contribution in [-0.4, -0.2) is 38.6 Å². The van der Waals surface area contributed by atoms with Crippen LogP contribution < -0.4 is 10.9 Å². The van der Waals surface area contributed by atoms with Crippen LogP contribution in [0.3, 0.4) is 0 Å². The number of nitrogens with zero attached hydrogens (tertiary/aromatic N) is 4. The highest BCUT2D eigenvalue weighted by Crippen LogP contribution is 2.28. The summed E-state index contributed by atoms with van der Waals surface area (Å²) in [6.45, 7) is 11.7. The maximum Gasteiger partial charge on any atom is 0.275 e. The van der Waals surface area contributed by atoms with Crippen LogP contribution in [0.4, 0.5) is 5.13 Å². The van der Waals surface area contributed by atoms with E-state index in [1.54, 1.807) is 6.07 Å². The number of anilines is 1. The van der Waals surface area contributed by atoms with E-state index >= 15 is 0 Å². The molecule has 1 aromatic carbocycles. The maximum absolute atomic E-state index is 12.3. The third-order valence-corrected chi connectivity index (χ3v) is 6.49. The van der Waals surface area contributed by atoms with Crippen molar-refractivity contribution in [3.8, 4) is 0 Å². The third kappa shape index (κ3) is 4.36. The van der Waals surface area contributed by atoms with Gasteiger partial charge in [0.1, 0.15) is 0 Å². The molecule has 2 aromatic heterocycles. The van der Waals surface area contributed by atoms with Crippen LogP contribution in [0.5, 0.6) is 0 Å². The predicted molar refractivity (Wildman–Crippen MR) is 119 cm³/mol. The summed E-state index contributed by atoms with van der Waals surface area (Å²) in [7, 11) is 0. The molecule has 154 valence electrons. The van der Waals surface area contributed by atoms with E-state index in [9.17, 15) is 4.79 Å². The van der Waals surface area contributed by atoms with Gasteiger partial charge in [0.25, 0.3) is 5.56 Å². The first-order valence-corrected chi connectivity index (χ1v) is 11.1. The molecule has 7 heteroatoms. The zero-order valence-corrected chi connectivity index (χ0v) is 18.4. The zero-order chi connectivity index (χ0) is 20.6. The molecule has 29 heavy (non-hydrogen) atoms. The highest BCUT2D eigenvalue weighted by atomic mass is 32.1. The van der Waals surface area contributed by atoms with Crippen LogP contribution in [0.2, 0.25) is 0 Å². The highest BCUT2D eigenvalue weighted by molar-refractivity contribution is 7.20. The number of hydrogen-bond acceptors (Lipinski definition) is 6. The van der Waals surface area contributed by atoms with Crippen molar-refractivity contribution in [3.05, 3.63) is 57.5 Å². The van der Waals surface area contributed by atoms with Gasteiger partial charge in [0.05, 0.1) is 0 Å². The molecule has 0 bridgehead atoms. The van der Waals surface area contributed by atoms with Gasteiger partial charge in [0, 0.05) is 37.4 Å². The largest absolute Gasteiger partial charge is 0.356 e. The molecule has 3 heterocycles. The summed E-state index contributed by atoms with van der Waals surface area (Å²) in [5.41, 5.74) is 3.63. The number of hydrogen-bond donors (Lipinski definition) is 1. The number of benzene rings is 1. The van der Waals surface area contributed by atoms with E-state index in [4.69, 9.17) is 0 Å². The lowest BCUT2D eigenvalue weighted by Crippen LogP contribution is -2.45. The first-order chi connectivity index (χ1) is 13.8. The molecule has 1 aliphatic heterocycles. The second kappa shape index (κ2) is 7.88. The van der Waals surface area contributed by atoms with Gasteiger partial charge in [-0.2, -0.15) is 4.52 Å². The second-order valence-electron chi connectivity index (χ2n) is 8.86. The van der Waals surface area contributed by atoms with E-state index in [0.717, 1.165) is 43.3 Å². The van der Waals surface area contributed by atoms with E-state index in [-0.39, 0.29) is 17.0 Å². The van der Waals surface area contributed by atoms with E-state index in [1.165, 1.54) is 27.0 Å². The molecule has 1 unspecified atom stereocenters. The number of nitrogens with one attached hydrogen (secondary N) is 1. The van der Waals surface area contributed by atoms with Crippen molar-refractivity contribution in [3.63, 3.8) is 0 Å². The molecule has 0 aliphatic carbocycles. The van der Waals surface area contributed by atoms with Crippen molar-refractivity contribution in [1.29, 1.82) is 0 Å². The summed E-state index contributed by atoms with van der Waals surface area (Å²) in [4.78, 5) is 20.0. The first kappa shape index (κ1) is 20.0. The van der Waals surface area contributed by atoms with Gasteiger partial charge in [-0.05, 0) is 29.4 Å². The fourth-order valence-electron chi connectivity index (χ4n) is 3.75. The van der Waals surface area contributed by atoms with Gasteiger partial charge in [-0.3, -0.25) is 9.69 Å². The molecule has 1 atom stereocenters. The number of aryl methyl sites for hydroxylation is 1. The maximum atomic E-state index is 12.3. The predicted octanol–water partition coefficient (Wildman–Crippen LogP) is 3.60. The molecular formula is C22H29N5OS. The summed E-state index contributed by atoms with van der Waals surface area (Å²) >= 11 is 1.45. The molecule has 0 saturated heterocycles. The highest BCUT2D eigenvalue weighted by Gasteiger charge is 2.29. The topological polar surface area (TPSA) is 62.5 Å². The average molecular weight is 412 g/mol. The smallest absolute Gasteiger partial charge is 0.275 e. The quantitative estimate of drug-likeness (QED) is 0.695. The van der Waals surface area contributed by atoms with Gasteiger partial charge in [-0.25, -0.2) is 4.98 Å². The summed E-state index contributed by atoms with van der Waals surface area (Å²) in [6.07, 6.45) is 1.83. The summed E-state index contributed by atoms with van der Waals surface area (Å²) in [5, 5.41) is 8.86. The van der Waals surface area contributed by atoms with Gasteiger partial charge in [0.2, 0.25) is 10.1 Å². The third-order valence-electron chi connectivity index (χ3n) is 5.65. The van der Waals surface area contributed by atoms with Crippen LogP contribution >= 0.6 is 11.3 Å². The Balaban J connectivity index is 1.55. The lowest BCUT2D eigenvalue weighted by Gasteiger charge is -2.37. The Kier molecular flexibility index (Phi) is 5.44. The summed E-state index contributed by atoms with van der Waals surface area (Å²) in [5.74, 6) is 0.